The van der Waals surface area contributed by atoms with Crippen LogP contribution >= 0.6 is 0 Å². The van der Waals surface area contributed by atoms with Gasteiger partial charge in [-0.3, -0.25) is 0 Å². The average Bonchev–Trinajstić information content (AvgIpc) is 2.84. The van der Waals surface area contributed by atoms with Crippen molar-refractivity contribution < 1.29 is 13.5 Å². The Morgan fingerprint density at radius 3 is 2.56 bits per heavy atom. The third kappa shape index (κ3) is 2.43. The van der Waals surface area contributed by atoms with Crippen LogP contribution in [0.3, 0.4) is 0 Å². The molecule has 0 spiro atoms. The first-order valence-electron chi connectivity index (χ1n) is 5.99. The van der Waals surface area contributed by atoms with Crippen LogP contribution in [-0.2, 0) is 16.6 Å². The van der Waals surface area contributed by atoms with Gasteiger partial charge in [0.05, 0.1) is 11.5 Å². The van der Waals surface area contributed by atoms with Gasteiger partial charge in [0.2, 0.25) is 10.0 Å². The van der Waals surface area contributed by atoms with Crippen molar-refractivity contribution in [3.8, 4) is 0 Å². The number of rotatable bonds is 4. The van der Waals surface area contributed by atoms with E-state index in [9.17, 15) is 13.5 Å². The highest BCUT2D eigenvalue weighted by Gasteiger charge is 2.48. The molecular formula is C13H19NO3S. The van der Waals surface area contributed by atoms with Crippen LogP contribution in [0.4, 0.5) is 0 Å². The predicted octanol–water partition coefficient (Wildman–Crippen LogP) is 1.56. The molecule has 18 heavy (non-hydrogen) atoms. The van der Waals surface area contributed by atoms with Gasteiger partial charge in [0.15, 0.2) is 0 Å². The van der Waals surface area contributed by atoms with Gasteiger partial charge in [0, 0.05) is 6.04 Å². The highest BCUT2D eigenvalue weighted by atomic mass is 32.2. The van der Waals surface area contributed by atoms with Crippen LogP contribution in [0.25, 0.3) is 0 Å². The number of hydrogen-bond donors (Lipinski definition) is 2. The van der Waals surface area contributed by atoms with Crippen LogP contribution in [0.2, 0.25) is 0 Å². The van der Waals surface area contributed by atoms with E-state index in [0.29, 0.717) is 11.1 Å². The van der Waals surface area contributed by atoms with E-state index in [0.717, 1.165) is 6.42 Å². The maximum atomic E-state index is 12.3. The Bertz CT molecular complexity index is 564. The van der Waals surface area contributed by atoms with Crippen LogP contribution < -0.4 is 4.72 Å². The lowest BCUT2D eigenvalue weighted by atomic mass is 10.1. The predicted molar refractivity (Wildman–Crippen MR) is 69.6 cm³/mol. The molecule has 2 N–H and O–H groups in total. The fourth-order valence-corrected chi connectivity index (χ4v) is 3.74. The lowest BCUT2D eigenvalue weighted by Gasteiger charge is -2.12. The molecule has 0 heterocycles. The van der Waals surface area contributed by atoms with E-state index < -0.39 is 10.0 Å². The quantitative estimate of drug-likeness (QED) is 0.872. The van der Waals surface area contributed by atoms with E-state index >= 15 is 0 Å². The zero-order valence-electron chi connectivity index (χ0n) is 10.9. The minimum atomic E-state index is -3.49. The van der Waals surface area contributed by atoms with Gasteiger partial charge in [-0.15, -0.1) is 0 Å². The van der Waals surface area contributed by atoms with Crippen molar-refractivity contribution in [3.63, 3.8) is 0 Å². The van der Waals surface area contributed by atoms with Crippen molar-refractivity contribution >= 4 is 10.0 Å². The van der Waals surface area contributed by atoms with E-state index in [-0.39, 0.29) is 23.0 Å². The lowest BCUT2D eigenvalue weighted by Crippen LogP contribution is -2.29. The molecule has 4 nitrogen and oxygen atoms in total. The molecule has 1 aliphatic rings. The Labute approximate surface area is 108 Å². The second kappa shape index (κ2) is 4.33. The first-order chi connectivity index (χ1) is 8.28. The maximum Gasteiger partial charge on any atom is 0.241 e. The Kier molecular flexibility index (Phi) is 3.25. The summed E-state index contributed by atoms with van der Waals surface area (Å²) >= 11 is 0. The molecule has 0 saturated heterocycles. The second-order valence-electron chi connectivity index (χ2n) is 5.56. The van der Waals surface area contributed by atoms with Crippen LogP contribution in [0.1, 0.15) is 31.4 Å². The Balaban J connectivity index is 2.31. The molecule has 0 aromatic heterocycles. The van der Waals surface area contributed by atoms with Gasteiger partial charge in [0.25, 0.3) is 0 Å². The minimum Gasteiger partial charge on any atom is -0.392 e. The first-order valence-corrected chi connectivity index (χ1v) is 7.48. The molecule has 1 aromatic carbocycles. The van der Waals surface area contributed by atoms with Gasteiger partial charge in [0.1, 0.15) is 0 Å². The zero-order valence-corrected chi connectivity index (χ0v) is 11.7. The Morgan fingerprint density at radius 1 is 1.44 bits per heavy atom. The van der Waals surface area contributed by atoms with Gasteiger partial charge >= 0.3 is 0 Å². The molecule has 1 unspecified atom stereocenters. The van der Waals surface area contributed by atoms with Crippen LogP contribution in [-0.4, -0.2) is 19.6 Å². The van der Waals surface area contributed by atoms with Crippen molar-refractivity contribution in [2.24, 2.45) is 5.41 Å². The van der Waals surface area contributed by atoms with Crippen molar-refractivity contribution in [3.05, 3.63) is 29.3 Å². The molecular weight excluding hydrogens is 250 g/mol. The lowest BCUT2D eigenvalue weighted by molar-refractivity contribution is 0.280. The third-order valence-corrected chi connectivity index (χ3v) is 5.28. The topological polar surface area (TPSA) is 66.4 Å². The summed E-state index contributed by atoms with van der Waals surface area (Å²) < 4.78 is 27.3. The van der Waals surface area contributed by atoms with E-state index in [1.54, 1.807) is 25.1 Å². The van der Waals surface area contributed by atoms with Crippen LogP contribution in [0.5, 0.6) is 0 Å². The van der Waals surface area contributed by atoms with Gasteiger partial charge in [-0.25, -0.2) is 13.1 Å². The van der Waals surface area contributed by atoms with E-state index in [4.69, 9.17) is 0 Å². The molecule has 0 aliphatic heterocycles. The number of benzene rings is 1. The SMILES string of the molecule is Cc1c(CO)cccc1S(=O)(=O)NC1CC1(C)C. The summed E-state index contributed by atoms with van der Waals surface area (Å²) in [5.41, 5.74) is 1.31. The summed E-state index contributed by atoms with van der Waals surface area (Å²) in [6.07, 6.45) is 0.866. The molecule has 0 bridgehead atoms. The molecule has 1 saturated carbocycles. The van der Waals surface area contributed by atoms with Crippen molar-refractivity contribution in [2.45, 2.75) is 44.7 Å². The molecule has 1 fully saturated rings. The molecule has 0 amide bonds. The van der Waals surface area contributed by atoms with Gasteiger partial charge in [-0.05, 0) is 36.0 Å². The number of sulfonamides is 1. The Hall–Kier alpha value is -0.910. The van der Waals surface area contributed by atoms with Crippen LogP contribution in [0.15, 0.2) is 23.1 Å². The summed E-state index contributed by atoms with van der Waals surface area (Å²) in [6, 6.07) is 4.98. The molecule has 5 heteroatoms. The largest absolute Gasteiger partial charge is 0.392 e. The smallest absolute Gasteiger partial charge is 0.241 e. The number of aliphatic hydroxyl groups excluding tert-OH is 1. The molecule has 1 atom stereocenters. The summed E-state index contributed by atoms with van der Waals surface area (Å²) in [5, 5.41) is 9.17. The van der Waals surface area contributed by atoms with Crippen molar-refractivity contribution in [2.75, 3.05) is 0 Å². The average molecular weight is 269 g/mol. The zero-order chi connectivity index (χ0) is 13.6. The van der Waals surface area contributed by atoms with Crippen LogP contribution in [0, 0.1) is 12.3 Å². The minimum absolute atomic E-state index is 0.0136. The van der Waals surface area contributed by atoms with Gasteiger partial charge in [-0.2, -0.15) is 0 Å². The standard InChI is InChI=1S/C13H19NO3S/c1-9-10(8-15)5-4-6-11(9)18(16,17)14-12-7-13(12,2)3/h4-6,12,14-15H,7-8H2,1-3H3. The summed E-state index contributed by atoms with van der Waals surface area (Å²) in [5.74, 6) is 0. The van der Waals surface area contributed by atoms with Gasteiger partial charge < -0.3 is 5.11 Å². The third-order valence-electron chi connectivity index (χ3n) is 3.67. The summed E-state index contributed by atoms with van der Waals surface area (Å²) in [4.78, 5) is 0.261. The highest BCUT2D eigenvalue weighted by molar-refractivity contribution is 7.89. The number of aliphatic hydroxyl groups is 1. The number of hydrogen-bond acceptors (Lipinski definition) is 3. The van der Waals surface area contributed by atoms with E-state index in [1.807, 2.05) is 13.8 Å². The monoisotopic (exact) mass is 269 g/mol. The maximum absolute atomic E-state index is 12.3. The Morgan fingerprint density at radius 2 is 2.06 bits per heavy atom. The van der Waals surface area contributed by atoms with E-state index in [1.165, 1.54) is 0 Å². The van der Waals surface area contributed by atoms with Crippen molar-refractivity contribution in [1.29, 1.82) is 0 Å². The normalized spacial score (nSPS) is 21.9. The molecule has 1 aromatic rings. The molecule has 100 valence electrons. The molecule has 0 radical (unpaired) electrons. The first kappa shape index (κ1) is 13.5. The van der Waals surface area contributed by atoms with E-state index in [2.05, 4.69) is 4.72 Å². The fourth-order valence-electron chi connectivity index (χ4n) is 2.04. The molecule has 2 rings (SSSR count). The number of nitrogens with one attached hydrogen (secondary N) is 1. The summed E-state index contributed by atoms with van der Waals surface area (Å²) in [6.45, 7) is 5.65. The highest BCUT2D eigenvalue weighted by Crippen LogP contribution is 2.45. The van der Waals surface area contributed by atoms with Gasteiger partial charge in [-0.1, -0.05) is 26.0 Å². The molecule has 1 aliphatic carbocycles. The van der Waals surface area contributed by atoms with Crippen molar-refractivity contribution in [1.82, 2.24) is 4.72 Å². The second-order valence-corrected chi connectivity index (χ2v) is 7.25. The summed E-state index contributed by atoms with van der Waals surface area (Å²) in [7, 11) is -3.49. The fraction of sp³-hybridized carbons (Fsp3) is 0.538.